The third-order valence-electron chi connectivity index (χ3n) is 6.17. The molecule has 2 heterocycles. The van der Waals surface area contributed by atoms with Gasteiger partial charge in [0.25, 0.3) is 0 Å². The predicted molar refractivity (Wildman–Crippen MR) is 120 cm³/mol. The van der Waals surface area contributed by atoms with Crippen molar-refractivity contribution in [3.05, 3.63) is 54.1 Å². The van der Waals surface area contributed by atoms with Gasteiger partial charge in [-0.05, 0) is 42.7 Å². The van der Waals surface area contributed by atoms with Crippen LogP contribution in [0.2, 0.25) is 0 Å². The lowest BCUT2D eigenvalue weighted by Gasteiger charge is -2.37. The van der Waals surface area contributed by atoms with Gasteiger partial charge in [0, 0.05) is 25.7 Å². The van der Waals surface area contributed by atoms with E-state index in [1.807, 2.05) is 48.5 Å². The third kappa shape index (κ3) is 5.15. The standard InChI is InChI=1S/C24H31N3O5/c1-30-18-8-6-16(7-9-18)23(24(25)29)27-12-10-17(11-13-27)26-14-19(28)22-15-31-20-4-2-3-5-21(20)32-22/h2-9,17,19,22-23,26,28H,10-15H2,1H3,(H2,25,29). The molecule has 0 spiro atoms. The van der Waals surface area contributed by atoms with Crippen LogP contribution in [0.1, 0.15) is 24.4 Å². The van der Waals surface area contributed by atoms with Gasteiger partial charge in [0.2, 0.25) is 5.91 Å². The fraction of sp³-hybridized carbons (Fsp3) is 0.458. The molecule has 4 N–H and O–H groups in total. The van der Waals surface area contributed by atoms with Crippen LogP contribution in [0.5, 0.6) is 17.2 Å². The first kappa shape index (κ1) is 22.4. The molecular weight excluding hydrogens is 410 g/mol. The second-order valence-corrected chi connectivity index (χ2v) is 8.28. The summed E-state index contributed by atoms with van der Waals surface area (Å²) in [5.41, 5.74) is 6.60. The van der Waals surface area contributed by atoms with Gasteiger partial charge < -0.3 is 30.4 Å². The Morgan fingerprint density at radius 3 is 2.53 bits per heavy atom. The molecule has 2 aromatic carbocycles. The van der Waals surface area contributed by atoms with E-state index in [2.05, 4.69) is 10.2 Å². The van der Waals surface area contributed by atoms with E-state index in [-0.39, 0.29) is 11.9 Å². The van der Waals surface area contributed by atoms with E-state index in [4.69, 9.17) is 19.9 Å². The summed E-state index contributed by atoms with van der Waals surface area (Å²) in [4.78, 5) is 14.3. The Hall–Kier alpha value is -2.81. The molecule has 3 unspecified atom stereocenters. The first-order valence-electron chi connectivity index (χ1n) is 11.0. The van der Waals surface area contributed by atoms with Gasteiger partial charge in [0.05, 0.1) is 7.11 Å². The Morgan fingerprint density at radius 2 is 1.88 bits per heavy atom. The van der Waals surface area contributed by atoms with Crippen molar-refractivity contribution in [2.24, 2.45) is 5.73 Å². The topological polar surface area (TPSA) is 106 Å². The largest absolute Gasteiger partial charge is 0.497 e. The summed E-state index contributed by atoms with van der Waals surface area (Å²) in [7, 11) is 1.61. The number of para-hydroxylation sites is 2. The zero-order chi connectivity index (χ0) is 22.5. The molecule has 8 nitrogen and oxygen atoms in total. The minimum atomic E-state index is -0.681. The summed E-state index contributed by atoms with van der Waals surface area (Å²) in [6.45, 7) is 2.21. The predicted octanol–water partition coefficient (Wildman–Crippen LogP) is 1.48. The van der Waals surface area contributed by atoms with Crippen LogP contribution in [0, 0.1) is 0 Å². The second-order valence-electron chi connectivity index (χ2n) is 8.28. The summed E-state index contributed by atoms with van der Waals surface area (Å²) < 4.78 is 16.8. The maximum Gasteiger partial charge on any atom is 0.239 e. The number of ether oxygens (including phenoxy) is 3. The van der Waals surface area contributed by atoms with Crippen LogP contribution in [0.15, 0.2) is 48.5 Å². The van der Waals surface area contributed by atoms with Gasteiger partial charge in [0.15, 0.2) is 17.6 Å². The van der Waals surface area contributed by atoms with Crippen molar-refractivity contribution >= 4 is 5.91 Å². The van der Waals surface area contributed by atoms with Gasteiger partial charge in [0.1, 0.15) is 24.5 Å². The monoisotopic (exact) mass is 441 g/mol. The number of piperidine rings is 1. The van der Waals surface area contributed by atoms with Gasteiger partial charge in [-0.15, -0.1) is 0 Å². The van der Waals surface area contributed by atoms with Crippen LogP contribution < -0.4 is 25.3 Å². The van der Waals surface area contributed by atoms with Gasteiger partial charge >= 0.3 is 0 Å². The van der Waals surface area contributed by atoms with E-state index in [0.717, 1.165) is 37.2 Å². The molecule has 2 aliphatic rings. The van der Waals surface area contributed by atoms with E-state index in [1.54, 1.807) is 7.11 Å². The summed E-state index contributed by atoms with van der Waals surface area (Å²) >= 11 is 0. The Morgan fingerprint density at radius 1 is 1.19 bits per heavy atom. The molecule has 0 aromatic heterocycles. The molecule has 8 heteroatoms. The number of likely N-dealkylation sites (tertiary alicyclic amines) is 1. The molecule has 4 rings (SSSR count). The molecule has 32 heavy (non-hydrogen) atoms. The molecule has 1 fully saturated rings. The van der Waals surface area contributed by atoms with Crippen LogP contribution in [0.3, 0.4) is 0 Å². The molecule has 0 aliphatic carbocycles. The highest BCUT2D eigenvalue weighted by atomic mass is 16.6. The lowest BCUT2D eigenvalue weighted by Crippen LogP contribution is -2.50. The highest BCUT2D eigenvalue weighted by Crippen LogP contribution is 2.31. The second kappa shape index (κ2) is 10.2. The fourth-order valence-electron chi connectivity index (χ4n) is 4.35. The molecular formula is C24H31N3O5. The molecule has 172 valence electrons. The molecule has 2 aromatic rings. The summed E-state index contributed by atoms with van der Waals surface area (Å²) in [6.07, 6.45) is 0.625. The Balaban J connectivity index is 1.26. The summed E-state index contributed by atoms with van der Waals surface area (Å²) in [5.74, 6) is 1.75. The van der Waals surface area contributed by atoms with E-state index in [9.17, 15) is 9.90 Å². The van der Waals surface area contributed by atoms with Gasteiger partial charge in [-0.1, -0.05) is 24.3 Å². The molecule has 3 atom stereocenters. The van der Waals surface area contributed by atoms with Crippen LogP contribution in [0.25, 0.3) is 0 Å². The Kier molecular flexibility index (Phi) is 7.14. The number of hydrogen-bond acceptors (Lipinski definition) is 7. The summed E-state index contributed by atoms with van der Waals surface area (Å²) in [5, 5.41) is 14.0. The Labute approximate surface area is 188 Å². The van der Waals surface area contributed by atoms with Crippen molar-refractivity contribution in [3.63, 3.8) is 0 Å². The highest BCUT2D eigenvalue weighted by molar-refractivity contribution is 5.81. The number of benzene rings is 2. The van der Waals surface area contributed by atoms with E-state index < -0.39 is 18.2 Å². The third-order valence-corrected chi connectivity index (χ3v) is 6.17. The molecule has 0 saturated carbocycles. The summed E-state index contributed by atoms with van der Waals surface area (Å²) in [6, 6.07) is 14.7. The molecule has 2 aliphatic heterocycles. The number of primary amides is 1. The minimum absolute atomic E-state index is 0.252. The van der Waals surface area contributed by atoms with Crippen molar-refractivity contribution in [2.45, 2.75) is 37.1 Å². The average Bonchev–Trinajstić information content (AvgIpc) is 2.83. The smallest absolute Gasteiger partial charge is 0.239 e. The van der Waals surface area contributed by atoms with E-state index in [0.29, 0.717) is 24.7 Å². The van der Waals surface area contributed by atoms with Crippen molar-refractivity contribution in [1.82, 2.24) is 10.2 Å². The molecule has 1 amide bonds. The number of carbonyl (C=O) groups excluding carboxylic acids is 1. The maximum absolute atomic E-state index is 12.2. The number of nitrogens with two attached hydrogens (primary N) is 1. The number of aliphatic hydroxyl groups is 1. The number of nitrogens with one attached hydrogen (secondary N) is 1. The first-order valence-corrected chi connectivity index (χ1v) is 11.0. The number of nitrogens with zero attached hydrogens (tertiary/aromatic N) is 1. The average molecular weight is 442 g/mol. The lowest BCUT2D eigenvalue weighted by molar-refractivity contribution is -0.124. The van der Waals surface area contributed by atoms with E-state index >= 15 is 0 Å². The Bertz CT molecular complexity index is 899. The number of amides is 1. The number of methoxy groups -OCH3 is 1. The zero-order valence-electron chi connectivity index (χ0n) is 18.3. The normalized spacial score (nSPS) is 21.0. The zero-order valence-corrected chi connectivity index (χ0v) is 18.3. The molecule has 0 bridgehead atoms. The number of fused-ring (bicyclic) bond motifs is 1. The van der Waals surface area contributed by atoms with Crippen LogP contribution in [0.4, 0.5) is 0 Å². The van der Waals surface area contributed by atoms with E-state index in [1.165, 1.54) is 0 Å². The molecule has 0 radical (unpaired) electrons. The number of carbonyl (C=O) groups is 1. The van der Waals surface area contributed by atoms with Crippen molar-refractivity contribution in [1.29, 1.82) is 0 Å². The van der Waals surface area contributed by atoms with Gasteiger partial charge in [-0.3, -0.25) is 9.69 Å². The SMILES string of the molecule is COc1ccc(C(C(N)=O)N2CCC(NCC(O)C3COc4ccccc4O3)CC2)cc1. The van der Waals surface area contributed by atoms with Gasteiger partial charge in [-0.25, -0.2) is 0 Å². The fourth-order valence-corrected chi connectivity index (χ4v) is 4.35. The number of aliphatic hydroxyl groups excluding tert-OH is 1. The highest BCUT2D eigenvalue weighted by Gasteiger charge is 2.31. The van der Waals surface area contributed by atoms with Crippen molar-refractivity contribution in [3.8, 4) is 17.2 Å². The maximum atomic E-state index is 12.2. The van der Waals surface area contributed by atoms with Gasteiger partial charge in [-0.2, -0.15) is 0 Å². The molecule has 1 saturated heterocycles. The number of rotatable bonds is 8. The van der Waals surface area contributed by atoms with Crippen molar-refractivity contribution in [2.75, 3.05) is 33.4 Å². The number of hydrogen-bond donors (Lipinski definition) is 3. The van der Waals surface area contributed by atoms with Crippen LogP contribution in [-0.2, 0) is 4.79 Å². The van der Waals surface area contributed by atoms with Crippen LogP contribution >= 0.6 is 0 Å². The minimum Gasteiger partial charge on any atom is -0.497 e. The lowest BCUT2D eigenvalue weighted by atomic mass is 9.98. The van der Waals surface area contributed by atoms with Crippen LogP contribution in [-0.4, -0.2) is 67.5 Å². The van der Waals surface area contributed by atoms with Crippen molar-refractivity contribution < 1.29 is 24.1 Å². The quantitative estimate of drug-likeness (QED) is 0.570. The first-order chi connectivity index (χ1) is 15.5.